The van der Waals surface area contributed by atoms with Gasteiger partial charge in [0.1, 0.15) is 17.5 Å². The first-order chi connectivity index (χ1) is 13.4. The van der Waals surface area contributed by atoms with Crippen molar-refractivity contribution < 1.29 is 9.18 Å². The number of carbonyl (C=O) groups is 1. The third-order valence-electron chi connectivity index (χ3n) is 4.49. The highest BCUT2D eigenvalue weighted by atomic mass is 35.5. The summed E-state index contributed by atoms with van der Waals surface area (Å²) < 4.78 is 15.7. The Morgan fingerprint density at radius 1 is 1.21 bits per heavy atom. The molecule has 0 unspecified atom stereocenters. The summed E-state index contributed by atoms with van der Waals surface area (Å²) in [5.41, 5.74) is 2.74. The molecule has 0 atom stereocenters. The largest absolute Gasteiger partial charge is 0.288 e. The number of benzene rings is 2. The van der Waals surface area contributed by atoms with Crippen LogP contribution >= 0.6 is 11.6 Å². The predicted octanol–water partition coefficient (Wildman–Crippen LogP) is 5.13. The van der Waals surface area contributed by atoms with Crippen molar-refractivity contribution in [3.8, 4) is 6.07 Å². The number of aryl methyl sites for hydroxylation is 1. The van der Waals surface area contributed by atoms with Crippen LogP contribution in [0.2, 0.25) is 5.02 Å². The fraction of sp³-hybridized carbons (Fsp3) is 0.136. The number of allylic oxidation sites excluding steroid dienone is 1. The molecule has 4 nitrogen and oxygen atoms in total. The van der Waals surface area contributed by atoms with Crippen LogP contribution in [0.4, 0.5) is 4.39 Å². The zero-order valence-corrected chi connectivity index (χ0v) is 16.2. The number of nitrogens with zero attached hydrogens (tertiary/aromatic N) is 3. The first-order valence-electron chi connectivity index (χ1n) is 8.60. The summed E-state index contributed by atoms with van der Waals surface area (Å²) in [7, 11) is 0. The van der Waals surface area contributed by atoms with Crippen molar-refractivity contribution in [2.45, 2.75) is 20.4 Å². The van der Waals surface area contributed by atoms with E-state index >= 15 is 0 Å². The minimum Gasteiger partial charge on any atom is -0.288 e. The number of halogens is 2. The van der Waals surface area contributed by atoms with E-state index in [-0.39, 0.29) is 11.1 Å². The van der Waals surface area contributed by atoms with Crippen LogP contribution < -0.4 is 0 Å². The second-order valence-corrected chi connectivity index (χ2v) is 6.72. The minimum atomic E-state index is -0.656. The number of hydrogen-bond donors (Lipinski definition) is 0. The third-order valence-corrected chi connectivity index (χ3v) is 4.86. The molecule has 0 saturated heterocycles. The van der Waals surface area contributed by atoms with Crippen molar-refractivity contribution in [1.29, 1.82) is 5.26 Å². The van der Waals surface area contributed by atoms with Gasteiger partial charge in [0.2, 0.25) is 5.78 Å². The number of nitriles is 1. The molecule has 0 fully saturated rings. The first-order valence-corrected chi connectivity index (χ1v) is 8.98. The minimum absolute atomic E-state index is 0.130. The lowest BCUT2D eigenvalue weighted by Gasteiger charge is -2.07. The summed E-state index contributed by atoms with van der Waals surface area (Å²) in [6.07, 6.45) is 1.47. The number of Topliss-reactive ketones (excluding diaryl/α,β-unsaturated/α-hetero) is 1. The van der Waals surface area contributed by atoms with Gasteiger partial charge in [-0.1, -0.05) is 41.9 Å². The predicted molar refractivity (Wildman–Crippen MR) is 107 cm³/mol. The van der Waals surface area contributed by atoms with Gasteiger partial charge >= 0.3 is 0 Å². The van der Waals surface area contributed by atoms with Gasteiger partial charge in [-0.15, -0.1) is 0 Å². The summed E-state index contributed by atoms with van der Waals surface area (Å²) in [5, 5.41) is 14.6. The van der Waals surface area contributed by atoms with Crippen LogP contribution in [0, 0.1) is 31.0 Å². The number of carbonyl (C=O) groups excluding carboxylic acids is 1. The average molecular weight is 394 g/mol. The second-order valence-electron chi connectivity index (χ2n) is 6.31. The van der Waals surface area contributed by atoms with Gasteiger partial charge in [-0.2, -0.15) is 10.4 Å². The Balaban J connectivity index is 1.98. The molecule has 3 rings (SSSR count). The lowest BCUT2D eigenvalue weighted by atomic mass is 10.0. The zero-order chi connectivity index (χ0) is 20.3. The Kier molecular flexibility index (Phi) is 5.72. The van der Waals surface area contributed by atoms with Crippen molar-refractivity contribution in [3.05, 3.63) is 93.0 Å². The lowest BCUT2D eigenvalue weighted by molar-refractivity contribution is 0.103. The quantitative estimate of drug-likeness (QED) is 0.343. The van der Waals surface area contributed by atoms with E-state index in [4.69, 9.17) is 11.6 Å². The van der Waals surface area contributed by atoms with Crippen molar-refractivity contribution in [2.24, 2.45) is 0 Å². The van der Waals surface area contributed by atoms with Crippen molar-refractivity contribution in [1.82, 2.24) is 9.78 Å². The molecule has 0 aliphatic rings. The van der Waals surface area contributed by atoms with E-state index < -0.39 is 11.6 Å². The Labute approximate surface area is 167 Å². The maximum atomic E-state index is 13.9. The molecule has 6 heteroatoms. The molecule has 28 heavy (non-hydrogen) atoms. The molecule has 140 valence electrons. The molecule has 1 heterocycles. The van der Waals surface area contributed by atoms with E-state index in [9.17, 15) is 14.4 Å². The zero-order valence-electron chi connectivity index (χ0n) is 15.4. The second kappa shape index (κ2) is 8.20. The molecule has 0 amide bonds. The maximum Gasteiger partial charge on any atom is 0.206 e. The van der Waals surface area contributed by atoms with E-state index in [1.54, 1.807) is 17.7 Å². The molecule has 0 aliphatic heterocycles. The Bertz CT molecular complexity index is 1130. The molecular formula is C22H17ClFN3O. The van der Waals surface area contributed by atoms with Crippen molar-refractivity contribution in [3.63, 3.8) is 0 Å². The molecule has 1 aromatic heterocycles. The summed E-state index contributed by atoms with van der Waals surface area (Å²) in [5.74, 6) is -1.31. The normalized spacial score (nSPS) is 11.3. The Morgan fingerprint density at radius 2 is 1.89 bits per heavy atom. The number of rotatable bonds is 5. The molecule has 0 aliphatic carbocycles. The third kappa shape index (κ3) is 3.88. The molecule has 3 aromatic rings. The summed E-state index contributed by atoms with van der Waals surface area (Å²) in [6.45, 7) is 4.11. The van der Waals surface area contributed by atoms with Crippen LogP contribution in [0.15, 0.2) is 54.1 Å². The van der Waals surface area contributed by atoms with Gasteiger partial charge < -0.3 is 0 Å². The van der Waals surface area contributed by atoms with Gasteiger partial charge in [0.15, 0.2) is 0 Å². The molecule has 0 bridgehead atoms. The van der Waals surface area contributed by atoms with E-state index in [1.165, 1.54) is 24.3 Å². The van der Waals surface area contributed by atoms with Gasteiger partial charge in [-0.05, 0) is 43.7 Å². The van der Waals surface area contributed by atoms with Gasteiger partial charge in [-0.3, -0.25) is 9.48 Å². The Hall–Kier alpha value is -3.23. The lowest BCUT2D eigenvalue weighted by Crippen LogP contribution is -2.05. The topological polar surface area (TPSA) is 58.7 Å². The van der Waals surface area contributed by atoms with Crippen LogP contribution in [-0.4, -0.2) is 15.6 Å². The van der Waals surface area contributed by atoms with Gasteiger partial charge in [0.05, 0.1) is 17.8 Å². The van der Waals surface area contributed by atoms with Crippen LogP contribution in [0.1, 0.15) is 32.9 Å². The van der Waals surface area contributed by atoms with E-state index in [2.05, 4.69) is 5.10 Å². The van der Waals surface area contributed by atoms with Gasteiger partial charge in [0.25, 0.3) is 0 Å². The molecule has 2 aromatic carbocycles. The molecule has 0 radical (unpaired) electrons. The smallest absolute Gasteiger partial charge is 0.206 e. The maximum absolute atomic E-state index is 13.9. The van der Waals surface area contributed by atoms with E-state index in [0.717, 1.165) is 11.3 Å². The SMILES string of the molecule is Cc1nn(Cc2ccccc2Cl)c(C)c1/C=C(\C#N)C(=O)c1ccccc1F. The molecule has 0 N–H and O–H groups in total. The Morgan fingerprint density at radius 3 is 2.57 bits per heavy atom. The van der Waals surface area contributed by atoms with Crippen molar-refractivity contribution in [2.75, 3.05) is 0 Å². The highest BCUT2D eigenvalue weighted by molar-refractivity contribution is 6.31. The molecule has 0 spiro atoms. The monoisotopic (exact) mass is 393 g/mol. The average Bonchev–Trinajstić information content (AvgIpc) is 2.94. The summed E-state index contributed by atoms with van der Waals surface area (Å²) >= 11 is 6.23. The van der Waals surface area contributed by atoms with E-state index in [1.807, 2.05) is 37.3 Å². The first kappa shape index (κ1) is 19.5. The number of ketones is 1. The van der Waals surface area contributed by atoms with Crippen molar-refractivity contribution >= 4 is 23.5 Å². The molecular weight excluding hydrogens is 377 g/mol. The van der Waals surface area contributed by atoms with Gasteiger partial charge in [0, 0.05) is 16.3 Å². The van der Waals surface area contributed by atoms with Crippen LogP contribution in [0.3, 0.4) is 0 Å². The molecule has 0 saturated carbocycles. The number of aromatic nitrogens is 2. The standard InChI is InChI=1S/C22H17ClFN3O/c1-14-19(11-17(12-25)22(28)18-8-4-6-10-21(18)24)15(2)27(26-14)13-16-7-3-5-9-20(16)23/h3-11H,13H2,1-2H3/b17-11+. The van der Waals surface area contributed by atoms with Gasteiger partial charge in [-0.25, -0.2) is 4.39 Å². The van der Waals surface area contributed by atoms with E-state index in [0.29, 0.717) is 22.8 Å². The highest BCUT2D eigenvalue weighted by Crippen LogP contribution is 2.22. The summed E-state index contributed by atoms with van der Waals surface area (Å²) in [6, 6.07) is 15.0. The number of hydrogen-bond acceptors (Lipinski definition) is 3. The fourth-order valence-corrected chi connectivity index (χ4v) is 3.14. The van der Waals surface area contributed by atoms with Crippen LogP contribution in [-0.2, 0) is 6.54 Å². The van der Waals surface area contributed by atoms with Crippen LogP contribution in [0.25, 0.3) is 6.08 Å². The summed E-state index contributed by atoms with van der Waals surface area (Å²) in [4.78, 5) is 12.6. The highest BCUT2D eigenvalue weighted by Gasteiger charge is 2.18. The van der Waals surface area contributed by atoms with Crippen LogP contribution in [0.5, 0.6) is 0 Å². The fourth-order valence-electron chi connectivity index (χ4n) is 2.94.